The Morgan fingerprint density at radius 2 is 1.97 bits per heavy atom. The van der Waals surface area contributed by atoms with Crippen molar-refractivity contribution in [3.63, 3.8) is 0 Å². The maximum Gasteiger partial charge on any atom is 0.416 e. The second kappa shape index (κ2) is 9.84. The SMILES string of the molecule is CN(c1nc(O)c(C(Cc2ccc(Cl)cc2C(F)(F)F)=c2ccc3c(c2)C=NN=3)s1)C1CCNCC1. The van der Waals surface area contributed by atoms with E-state index in [-0.39, 0.29) is 28.9 Å². The minimum atomic E-state index is -4.58. The van der Waals surface area contributed by atoms with Crippen molar-refractivity contribution >= 4 is 39.9 Å². The van der Waals surface area contributed by atoms with Gasteiger partial charge in [-0.15, -0.1) is 0 Å². The third-order valence-corrected chi connectivity index (χ3v) is 7.94. The monoisotopic (exact) mass is 533 g/mol. The molecule has 0 radical (unpaired) electrons. The van der Waals surface area contributed by atoms with E-state index in [4.69, 9.17) is 11.6 Å². The van der Waals surface area contributed by atoms with Crippen LogP contribution in [-0.4, -0.2) is 42.5 Å². The van der Waals surface area contributed by atoms with E-state index in [1.54, 1.807) is 18.3 Å². The van der Waals surface area contributed by atoms with E-state index in [2.05, 4.69) is 20.5 Å². The number of halogens is 4. The van der Waals surface area contributed by atoms with Crippen molar-refractivity contribution in [1.29, 1.82) is 0 Å². The van der Waals surface area contributed by atoms with Crippen molar-refractivity contribution in [3.05, 3.63) is 73.6 Å². The summed E-state index contributed by atoms with van der Waals surface area (Å²) in [6, 6.07) is 9.40. The molecule has 188 valence electrons. The molecular formula is C25H23ClF3N5OS. The van der Waals surface area contributed by atoms with Crippen molar-refractivity contribution in [2.24, 2.45) is 10.2 Å². The second-order valence-corrected chi connectivity index (χ2v) is 10.2. The first-order valence-electron chi connectivity index (χ1n) is 11.4. The molecule has 2 aromatic carbocycles. The van der Waals surface area contributed by atoms with Crippen LogP contribution < -0.4 is 20.8 Å². The summed E-state index contributed by atoms with van der Waals surface area (Å²) in [5.74, 6) is -0.202. The molecule has 0 unspecified atom stereocenters. The Balaban J connectivity index is 1.64. The summed E-state index contributed by atoms with van der Waals surface area (Å²) in [5.41, 5.74) is 0.544. The normalized spacial score (nSPS) is 16.6. The van der Waals surface area contributed by atoms with Crippen LogP contribution in [0.4, 0.5) is 18.3 Å². The summed E-state index contributed by atoms with van der Waals surface area (Å²) in [4.78, 5) is 6.88. The van der Waals surface area contributed by atoms with E-state index in [9.17, 15) is 18.3 Å². The molecular weight excluding hydrogens is 511 g/mol. The van der Waals surface area contributed by atoms with Crippen LogP contribution in [-0.2, 0) is 12.6 Å². The lowest BCUT2D eigenvalue weighted by Gasteiger charge is -2.31. The van der Waals surface area contributed by atoms with Crippen LogP contribution in [0, 0.1) is 0 Å². The van der Waals surface area contributed by atoms with Crippen LogP contribution >= 0.6 is 22.9 Å². The van der Waals surface area contributed by atoms with Crippen molar-refractivity contribution in [1.82, 2.24) is 10.3 Å². The average molecular weight is 534 g/mol. The molecule has 1 saturated heterocycles. The summed E-state index contributed by atoms with van der Waals surface area (Å²) in [6.45, 7) is 1.80. The molecule has 3 aromatic rings. The lowest BCUT2D eigenvalue weighted by molar-refractivity contribution is -0.138. The largest absolute Gasteiger partial charge is 0.492 e. The molecule has 2 aliphatic rings. The van der Waals surface area contributed by atoms with Crippen molar-refractivity contribution in [2.75, 3.05) is 25.0 Å². The van der Waals surface area contributed by atoms with Gasteiger partial charge in [-0.1, -0.05) is 35.1 Å². The predicted octanol–water partition coefficient (Wildman–Crippen LogP) is 4.12. The lowest BCUT2D eigenvalue weighted by Crippen LogP contribution is -2.41. The van der Waals surface area contributed by atoms with E-state index in [1.807, 2.05) is 18.0 Å². The number of thiazole rings is 1. The zero-order chi connectivity index (χ0) is 25.4. The molecule has 0 bridgehead atoms. The Morgan fingerprint density at radius 1 is 1.19 bits per heavy atom. The fourth-order valence-electron chi connectivity index (χ4n) is 4.56. The Morgan fingerprint density at radius 3 is 2.72 bits per heavy atom. The van der Waals surface area contributed by atoms with Gasteiger partial charge in [0.05, 0.1) is 22.0 Å². The minimum absolute atomic E-state index is 0.00880. The van der Waals surface area contributed by atoms with E-state index in [1.165, 1.54) is 23.5 Å². The lowest BCUT2D eigenvalue weighted by atomic mass is 9.96. The Hall–Kier alpha value is -2.95. The Kier molecular flexibility index (Phi) is 6.76. The van der Waals surface area contributed by atoms with Gasteiger partial charge in [0.2, 0.25) is 5.88 Å². The van der Waals surface area contributed by atoms with E-state index >= 15 is 0 Å². The first-order valence-corrected chi connectivity index (χ1v) is 12.6. The minimum Gasteiger partial charge on any atom is -0.492 e. The van der Waals surface area contributed by atoms with Gasteiger partial charge < -0.3 is 15.3 Å². The quantitative estimate of drug-likeness (QED) is 0.517. The molecule has 1 aromatic heterocycles. The van der Waals surface area contributed by atoms with Crippen molar-refractivity contribution < 1.29 is 18.3 Å². The summed E-state index contributed by atoms with van der Waals surface area (Å²) >= 11 is 7.18. The van der Waals surface area contributed by atoms with Gasteiger partial charge in [0.25, 0.3) is 0 Å². The number of nitrogens with one attached hydrogen (secondary N) is 1. The highest BCUT2D eigenvalue weighted by atomic mass is 35.5. The van der Waals surface area contributed by atoms with Gasteiger partial charge in [0.1, 0.15) is 0 Å². The molecule has 1 fully saturated rings. The molecule has 0 saturated carbocycles. The predicted molar refractivity (Wildman–Crippen MR) is 136 cm³/mol. The maximum atomic E-state index is 13.9. The van der Waals surface area contributed by atoms with Crippen LogP contribution in [0.25, 0.3) is 5.57 Å². The topological polar surface area (TPSA) is 73.1 Å². The highest BCUT2D eigenvalue weighted by Gasteiger charge is 2.34. The summed E-state index contributed by atoms with van der Waals surface area (Å²) in [5, 5.41) is 24.2. The van der Waals surface area contributed by atoms with Crippen LogP contribution in [0.5, 0.6) is 5.88 Å². The Labute approximate surface area is 214 Å². The van der Waals surface area contributed by atoms with Crippen LogP contribution in [0.15, 0.2) is 46.6 Å². The molecule has 0 spiro atoms. The van der Waals surface area contributed by atoms with Crippen molar-refractivity contribution in [2.45, 2.75) is 31.5 Å². The standard InChI is InChI=1S/C25H23ClF3N5OS/c1-34(18-6-8-30-9-7-18)24-32-23(35)22(36-24)19(14-3-5-21-16(10-14)13-31-33-21)11-15-2-4-17(26)12-20(15)25(27,28)29/h2-5,10,12-13,18,30,35H,6-9,11H2,1H3. The first-order chi connectivity index (χ1) is 17.2. The Bertz CT molecular complexity index is 1450. The average Bonchev–Trinajstić information content (AvgIpc) is 3.48. The molecule has 6 nitrogen and oxygen atoms in total. The highest BCUT2D eigenvalue weighted by Crippen LogP contribution is 2.40. The molecule has 5 rings (SSSR count). The number of aromatic nitrogens is 1. The molecule has 2 aliphatic heterocycles. The number of hydrogen-bond acceptors (Lipinski definition) is 7. The van der Waals surface area contributed by atoms with Crippen molar-refractivity contribution in [3.8, 4) is 5.88 Å². The third-order valence-electron chi connectivity index (χ3n) is 6.51. The highest BCUT2D eigenvalue weighted by molar-refractivity contribution is 7.17. The number of piperidine rings is 1. The van der Waals surface area contributed by atoms with Crippen LogP contribution in [0.2, 0.25) is 5.02 Å². The number of alkyl halides is 3. The van der Waals surface area contributed by atoms with Crippen LogP contribution in [0.1, 0.15) is 34.4 Å². The van der Waals surface area contributed by atoms with E-state index < -0.39 is 11.7 Å². The number of rotatable bonds is 5. The number of anilines is 1. The molecule has 2 N–H and O–H groups in total. The van der Waals surface area contributed by atoms with Gasteiger partial charge in [-0.25, -0.2) is 0 Å². The van der Waals surface area contributed by atoms with Gasteiger partial charge in [0.15, 0.2) is 5.13 Å². The fraction of sp³-hybridized carbons (Fsp3) is 0.320. The number of benzene rings is 2. The number of aromatic hydroxyl groups is 1. The summed E-state index contributed by atoms with van der Waals surface area (Å²) in [6.07, 6.45) is -1.18. The molecule has 36 heavy (non-hydrogen) atoms. The molecule has 0 atom stereocenters. The van der Waals surface area contributed by atoms with Gasteiger partial charge >= 0.3 is 6.18 Å². The molecule has 0 aliphatic carbocycles. The fourth-order valence-corrected chi connectivity index (χ4v) is 5.79. The number of nitrogens with zero attached hydrogens (tertiary/aromatic N) is 4. The van der Waals surface area contributed by atoms with Gasteiger partial charge in [-0.05, 0) is 66.6 Å². The summed E-state index contributed by atoms with van der Waals surface area (Å²) in [7, 11) is 1.94. The van der Waals surface area contributed by atoms with E-state index in [0.29, 0.717) is 26.2 Å². The smallest absolute Gasteiger partial charge is 0.416 e. The zero-order valence-corrected chi connectivity index (χ0v) is 20.9. The third kappa shape index (κ3) is 4.98. The van der Waals surface area contributed by atoms with E-state index in [0.717, 1.165) is 37.6 Å². The van der Waals surface area contributed by atoms with Gasteiger partial charge in [-0.2, -0.15) is 28.4 Å². The van der Waals surface area contributed by atoms with Gasteiger partial charge in [0, 0.05) is 30.1 Å². The molecule has 0 amide bonds. The molecule has 11 heteroatoms. The first kappa shape index (κ1) is 24.7. The summed E-state index contributed by atoms with van der Waals surface area (Å²) < 4.78 is 41.7. The molecule has 3 heterocycles. The second-order valence-electron chi connectivity index (χ2n) is 8.81. The number of hydrogen-bond donors (Lipinski definition) is 2. The van der Waals surface area contributed by atoms with Gasteiger partial charge in [-0.3, -0.25) is 0 Å². The maximum absolute atomic E-state index is 13.9. The zero-order valence-electron chi connectivity index (χ0n) is 19.3. The van der Waals surface area contributed by atoms with Crippen LogP contribution in [0.3, 0.4) is 0 Å². The number of fused-ring (bicyclic) bond motifs is 1.